The van der Waals surface area contributed by atoms with E-state index in [-0.39, 0.29) is 52.6 Å². The fourth-order valence-electron chi connectivity index (χ4n) is 9.17. The van der Waals surface area contributed by atoms with Crippen LogP contribution in [0, 0.1) is 52.2 Å². The van der Waals surface area contributed by atoms with Gasteiger partial charge in [0.05, 0.1) is 22.6 Å². The van der Waals surface area contributed by atoms with Crippen LogP contribution >= 0.6 is 22.9 Å². The maximum atomic E-state index is 14.5. The highest BCUT2D eigenvalue weighted by Crippen LogP contribution is 3.11. The molecule has 0 radical (unpaired) electrons. The van der Waals surface area contributed by atoms with Gasteiger partial charge in [-0.05, 0) is 48.5 Å². The Morgan fingerprint density at radius 1 is 1.23 bits per heavy atom. The molecule has 6 saturated carbocycles. The number of carbonyl (C=O) groups excluding carboxylic acids is 1. The average Bonchev–Trinajstić information content (AvgIpc) is 3.40. The van der Waals surface area contributed by atoms with Gasteiger partial charge in [-0.3, -0.25) is 9.79 Å². The Morgan fingerprint density at radius 3 is 2.54 bits per heavy atom. The summed E-state index contributed by atoms with van der Waals surface area (Å²) in [6.07, 6.45) is 1.68. The molecule has 1 aromatic heterocycles. The number of esters is 1. The van der Waals surface area contributed by atoms with Crippen LogP contribution in [0.5, 0.6) is 0 Å². The van der Waals surface area contributed by atoms with E-state index in [1.54, 1.807) is 25.3 Å². The first-order valence-electron chi connectivity index (χ1n) is 11.7. The SMILES string of the molecule is CCOC(=O)C1=C(C23C4C5C2C2C3C4C52C(=O)O)NC(c2nccs2)=N[C@@H]1c1cccc(F)c1Cl. The van der Waals surface area contributed by atoms with Crippen molar-refractivity contribution in [3.8, 4) is 0 Å². The Kier molecular flexibility index (Phi) is 3.57. The maximum absolute atomic E-state index is 14.5. The number of ether oxygens (including phenoxy) is 1. The first-order valence-corrected chi connectivity index (χ1v) is 13.0. The summed E-state index contributed by atoms with van der Waals surface area (Å²) < 4.78 is 20.0. The van der Waals surface area contributed by atoms with Crippen molar-refractivity contribution in [2.24, 2.45) is 51.3 Å². The number of allylic oxidation sites excluding steroid dienone is 1. The minimum atomic E-state index is -0.860. The first kappa shape index (κ1) is 20.4. The third-order valence-electron chi connectivity index (χ3n) is 9.88. The Morgan fingerprint density at radius 2 is 1.94 bits per heavy atom. The molecule has 1 aliphatic heterocycles. The molecule has 1 aromatic carbocycles. The summed E-state index contributed by atoms with van der Waals surface area (Å²) in [7, 11) is 0. The normalized spacial score (nSPS) is 42.3. The zero-order valence-electron chi connectivity index (χ0n) is 18.4. The molecule has 6 aliphatic carbocycles. The van der Waals surface area contributed by atoms with Crippen molar-refractivity contribution in [2.75, 3.05) is 6.61 Å². The minimum absolute atomic E-state index is 0.0815. The maximum Gasteiger partial charge on any atom is 0.338 e. The van der Waals surface area contributed by atoms with Crippen molar-refractivity contribution in [3.05, 3.63) is 62.5 Å². The number of halogens is 2. The molecule has 2 N–H and O–H groups in total. The van der Waals surface area contributed by atoms with E-state index in [1.807, 2.05) is 5.38 Å². The lowest BCUT2D eigenvalue weighted by molar-refractivity contribution is -0.633. The predicted molar refractivity (Wildman–Crippen MR) is 123 cm³/mol. The van der Waals surface area contributed by atoms with Crippen molar-refractivity contribution in [1.82, 2.24) is 10.3 Å². The third kappa shape index (κ3) is 1.81. The number of hydrogen-bond acceptors (Lipinski definition) is 7. The number of rotatable bonds is 6. The average molecular weight is 512 g/mol. The molecule has 7 nitrogen and oxygen atoms in total. The molecule has 2 heterocycles. The van der Waals surface area contributed by atoms with E-state index in [9.17, 15) is 19.1 Å². The smallest absolute Gasteiger partial charge is 0.338 e. The molecule has 178 valence electrons. The summed E-state index contributed by atoms with van der Waals surface area (Å²) in [5, 5.41) is 15.8. The molecule has 1 atom stereocenters. The number of nitrogens with one attached hydrogen (secondary N) is 1. The van der Waals surface area contributed by atoms with Crippen LogP contribution in [0.4, 0.5) is 4.39 Å². The fourth-order valence-corrected chi connectivity index (χ4v) is 9.99. The van der Waals surface area contributed by atoms with Crippen LogP contribution in [-0.2, 0) is 14.3 Å². The molecule has 10 heteroatoms. The lowest BCUT2D eigenvalue weighted by atomic mass is 8.92. The second kappa shape index (κ2) is 6.13. The van der Waals surface area contributed by atoms with Gasteiger partial charge in [-0.1, -0.05) is 23.7 Å². The number of aromatic nitrogens is 1. The van der Waals surface area contributed by atoms with Gasteiger partial charge in [0.15, 0.2) is 10.8 Å². The van der Waals surface area contributed by atoms with Crippen LogP contribution < -0.4 is 5.32 Å². The van der Waals surface area contributed by atoms with Gasteiger partial charge in [-0.15, -0.1) is 11.3 Å². The van der Waals surface area contributed by atoms with Gasteiger partial charge in [0, 0.05) is 28.3 Å². The Balaban J connectivity index is 1.31. The van der Waals surface area contributed by atoms with Crippen molar-refractivity contribution < 1.29 is 23.8 Å². The lowest BCUT2D eigenvalue weighted by Crippen LogP contribution is -3.11. The number of carboxylic acids is 1. The zero-order chi connectivity index (χ0) is 24.0. The number of amidine groups is 1. The van der Waals surface area contributed by atoms with Crippen LogP contribution in [0.3, 0.4) is 0 Å². The van der Waals surface area contributed by atoms with Crippen LogP contribution in [0.15, 0.2) is 46.0 Å². The summed E-state index contributed by atoms with van der Waals surface area (Å²) in [5.41, 5.74) is 0.694. The second-order valence-electron chi connectivity index (χ2n) is 10.3. The number of benzene rings is 1. The largest absolute Gasteiger partial charge is 0.481 e. The zero-order valence-corrected chi connectivity index (χ0v) is 19.9. The number of aliphatic carboxylic acids is 1. The molecule has 7 aliphatic rings. The van der Waals surface area contributed by atoms with Gasteiger partial charge in [-0.2, -0.15) is 0 Å². The summed E-state index contributed by atoms with van der Waals surface area (Å²) >= 11 is 7.82. The molecular weight excluding hydrogens is 493 g/mol. The molecule has 0 spiro atoms. The summed E-state index contributed by atoms with van der Waals surface area (Å²) in [6.45, 7) is 1.92. The fraction of sp³-hybridized carbons (Fsp3) is 0.440. The highest BCUT2D eigenvalue weighted by Gasteiger charge is 3.12. The van der Waals surface area contributed by atoms with E-state index in [4.69, 9.17) is 21.3 Å². The standard InChI is InChI=1S/C25H19ClFN3O4S/c1-2-34-22(31)10-18(8-4-3-5-9(27)17(8)26)29-20(21-28-6-7-35-21)30-19(10)24-11-14-12(24)16-13(24)15(11)25(14,16)23(32)33/h3-7,11-16,18H,2H2,1H3,(H,29,30)(H,32,33)/t11?,12?,13?,14?,15?,16?,18-,24?,25?/m1/s1. The van der Waals surface area contributed by atoms with Crippen LogP contribution in [-0.4, -0.2) is 34.5 Å². The van der Waals surface area contributed by atoms with Crippen molar-refractivity contribution >= 4 is 40.7 Å². The van der Waals surface area contributed by atoms with Crippen LogP contribution in [0.25, 0.3) is 0 Å². The first-order chi connectivity index (χ1) is 16.9. The monoisotopic (exact) mass is 511 g/mol. The number of carbonyl (C=O) groups is 2. The molecule has 0 unspecified atom stereocenters. The third-order valence-corrected chi connectivity index (χ3v) is 11.1. The van der Waals surface area contributed by atoms with E-state index in [0.29, 0.717) is 22.0 Å². The number of nitrogens with zero attached hydrogens (tertiary/aromatic N) is 2. The quantitative estimate of drug-likeness (QED) is 0.574. The molecular formula is C25H19ClFN3O4S. The Hall–Kier alpha value is -2.78. The molecule has 35 heavy (non-hydrogen) atoms. The second-order valence-corrected chi connectivity index (χ2v) is 11.6. The van der Waals surface area contributed by atoms with Gasteiger partial charge in [-0.25, -0.2) is 14.2 Å². The van der Waals surface area contributed by atoms with Crippen molar-refractivity contribution in [1.29, 1.82) is 0 Å². The molecule has 0 amide bonds. The van der Waals surface area contributed by atoms with Gasteiger partial charge in [0.2, 0.25) is 0 Å². The van der Waals surface area contributed by atoms with Crippen molar-refractivity contribution in [3.63, 3.8) is 0 Å². The minimum Gasteiger partial charge on any atom is -0.481 e. The van der Waals surface area contributed by atoms with Crippen LogP contribution in [0.2, 0.25) is 5.02 Å². The van der Waals surface area contributed by atoms with E-state index in [0.717, 1.165) is 5.70 Å². The molecule has 0 bridgehead atoms. The van der Waals surface area contributed by atoms with Gasteiger partial charge >= 0.3 is 11.9 Å². The highest BCUT2D eigenvalue weighted by molar-refractivity contribution is 7.11. The Bertz CT molecular complexity index is 1380. The molecule has 2 aromatic rings. The number of thiazole rings is 1. The van der Waals surface area contributed by atoms with Crippen LogP contribution in [0.1, 0.15) is 23.5 Å². The summed E-state index contributed by atoms with van der Waals surface area (Å²) in [4.78, 5) is 34.7. The number of carboxylic acid groups (broad SMARTS) is 1. The van der Waals surface area contributed by atoms with Gasteiger partial charge in [0.25, 0.3) is 0 Å². The van der Waals surface area contributed by atoms with Gasteiger partial charge in [0.1, 0.15) is 11.9 Å². The van der Waals surface area contributed by atoms with E-state index < -0.39 is 29.2 Å². The number of aliphatic imine (C=N–C) groups is 1. The van der Waals surface area contributed by atoms with E-state index in [1.165, 1.54) is 17.4 Å². The van der Waals surface area contributed by atoms with E-state index in [2.05, 4.69) is 10.3 Å². The number of hydrogen-bond donors (Lipinski definition) is 2. The molecule has 9 rings (SSSR count). The highest BCUT2D eigenvalue weighted by atomic mass is 35.5. The summed E-state index contributed by atoms with van der Waals surface area (Å²) in [5.74, 6) is 0.000175. The Labute approximate surface area is 208 Å². The molecule has 6 fully saturated rings. The predicted octanol–water partition coefficient (Wildman–Crippen LogP) is 3.67. The lowest BCUT2D eigenvalue weighted by Gasteiger charge is -3.10. The van der Waals surface area contributed by atoms with E-state index >= 15 is 0 Å². The van der Waals surface area contributed by atoms with Gasteiger partial charge < -0.3 is 15.2 Å². The summed E-state index contributed by atoms with van der Waals surface area (Å²) in [6, 6.07) is 3.65. The molecule has 0 saturated heterocycles. The topological polar surface area (TPSA) is 101 Å². The van der Waals surface area contributed by atoms with Crippen molar-refractivity contribution in [2.45, 2.75) is 13.0 Å².